The fourth-order valence-corrected chi connectivity index (χ4v) is 2.08. The van der Waals surface area contributed by atoms with Crippen molar-refractivity contribution < 1.29 is 0 Å². The third-order valence-electron chi connectivity index (χ3n) is 3.25. The van der Waals surface area contributed by atoms with E-state index in [2.05, 4.69) is 29.4 Å². The van der Waals surface area contributed by atoms with Gasteiger partial charge in [-0.05, 0) is 31.2 Å². The van der Waals surface area contributed by atoms with E-state index in [9.17, 15) is 0 Å². The molecule has 108 valence electrons. The molecule has 22 heavy (non-hydrogen) atoms. The van der Waals surface area contributed by atoms with Crippen molar-refractivity contribution in [3.63, 3.8) is 0 Å². The van der Waals surface area contributed by atoms with Gasteiger partial charge in [-0.1, -0.05) is 48.0 Å². The van der Waals surface area contributed by atoms with Crippen molar-refractivity contribution in [2.45, 2.75) is 6.92 Å². The van der Waals surface area contributed by atoms with Crippen molar-refractivity contribution >= 4 is 17.2 Å². The number of nitrogens with one attached hydrogen (secondary N) is 1. The van der Waals surface area contributed by atoms with Crippen molar-refractivity contribution in [3.8, 4) is 0 Å². The number of aryl methyl sites for hydroxylation is 1. The topological polar surface area (TPSA) is 37.3 Å². The molecule has 3 nitrogen and oxygen atoms in total. The second kappa shape index (κ2) is 6.68. The maximum Gasteiger partial charge on any atom is 0.138 e. The first-order valence-corrected chi connectivity index (χ1v) is 7.19. The second-order valence-corrected chi connectivity index (χ2v) is 5.03. The van der Waals surface area contributed by atoms with Gasteiger partial charge in [-0.2, -0.15) is 0 Å². The molecule has 0 saturated carbocycles. The number of hydrogen-bond acceptors (Lipinski definition) is 2. The Hall–Kier alpha value is -2.94. The maximum absolute atomic E-state index is 4.74. The van der Waals surface area contributed by atoms with Crippen LogP contribution in [0.25, 0.3) is 0 Å². The molecule has 3 rings (SSSR count). The first-order valence-electron chi connectivity index (χ1n) is 7.19. The van der Waals surface area contributed by atoms with Crippen LogP contribution in [0.2, 0.25) is 0 Å². The number of nitrogens with zero attached hydrogens (tertiary/aromatic N) is 2. The Bertz CT molecular complexity index is 748. The fourth-order valence-electron chi connectivity index (χ4n) is 2.08. The lowest BCUT2D eigenvalue weighted by atomic mass is 10.2. The molecule has 2 aromatic carbocycles. The number of aliphatic imine (C=N–C) groups is 1. The fraction of sp³-hybridized carbons (Fsp3) is 0.0526. The Labute approximate surface area is 130 Å². The van der Waals surface area contributed by atoms with Crippen LogP contribution in [0.15, 0.2) is 84.1 Å². The minimum Gasteiger partial charge on any atom is -0.338 e. The summed E-state index contributed by atoms with van der Waals surface area (Å²) in [5.74, 6) is 0.803. The average molecular weight is 287 g/mol. The standard InChI is InChI=1S/C19H17N3/c1-15-9-11-17(12-10-15)21-19(16-6-3-2-4-7-16)22-18-8-5-13-20-14-18/h2-14H,1H3,(H,21,22). The van der Waals surface area contributed by atoms with Gasteiger partial charge in [0.1, 0.15) is 5.84 Å². The summed E-state index contributed by atoms with van der Waals surface area (Å²) >= 11 is 0. The summed E-state index contributed by atoms with van der Waals surface area (Å²) in [6, 6.07) is 22.1. The van der Waals surface area contributed by atoms with Crippen molar-refractivity contribution in [2.24, 2.45) is 4.99 Å². The van der Waals surface area contributed by atoms with Crippen molar-refractivity contribution in [1.82, 2.24) is 4.98 Å². The summed E-state index contributed by atoms with van der Waals surface area (Å²) in [5.41, 5.74) is 4.09. The van der Waals surface area contributed by atoms with E-state index in [-0.39, 0.29) is 0 Å². The predicted octanol–water partition coefficient (Wildman–Crippen LogP) is 4.58. The van der Waals surface area contributed by atoms with Gasteiger partial charge in [-0.3, -0.25) is 4.98 Å². The molecule has 0 bridgehead atoms. The smallest absolute Gasteiger partial charge is 0.138 e. The lowest BCUT2D eigenvalue weighted by Gasteiger charge is -2.10. The quantitative estimate of drug-likeness (QED) is 0.565. The highest BCUT2D eigenvalue weighted by molar-refractivity contribution is 6.09. The minimum absolute atomic E-state index is 0.803. The summed E-state index contributed by atoms with van der Waals surface area (Å²) in [7, 11) is 0. The number of aromatic nitrogens is 1. The van der Waals surface area contributed by atoms with E-state index in [1.54, 1.807) is 12.4 Å². The van der Waals surface area contributed by atoms with Crippen LogP contribution < -0.4 is 5.32 Å². The monoisotopic (exact) mass is 287 g/mol. The van der Waals surface area contributed by atoms with Crippen LogP contribution >= 0.6 is 0 Å². The maximum atomic E-state index is 4.74. The Balaban J connectivity index is 1.97. The Morgan fingerprint density at radius 1 is 0.909 bits per heavy atom. The van der Waals surface area contributed by atoms with Gasteiger partial charge in [0.2, 0.25) is 0 Å². The Morgan fingerprint density at radius 3 is 2.36 bits per heavy atom. The number of benzene rings is 2. The van der Waals surface area contributed by atoms with E-state index in [1.165, 1.54) is 5.56 Å². The predicted molar refractivity (Wildman–Crippen MR) is 91.7 cm³/mol. The van der Waals surface area contributed by atoms with Gasteiger partial charge < -0.3 is 5.32 Å². The molecule has 3 heteroatoms. The summed E-state index contributed by atoms with van der Waals surface area (Å²) in [5, 5.41) is 3.35. The van der Waals surface area contributed by atoms with Crippen LogP contribution in [-0.2, 0) is 0 Å². The van der Waals surface area contributed by atoms with Gasteiger partial charge in [0.05, 0.1) is 17.6 Å². The third-order valence-corrected chi connectivity index (χ3v) is 3.25. The van der Waals surface area contributed by atoms with E-state index >= 15 is 0 Å². The van der Waals surface area contributed by atoms with Gasteiger partial charge in [-0.15, -0.1) is 0 Å². The van der Waals surface area contributed by atoms with E-state index in [1.807, 2.05) is 54.6 Å². The molecule has 0 fully saturated rings. The highest BCUT2D eigenvalue weighted by Gasteiger charge is 2.04. The first-order chi connectivity index (χ1) is 10.8. The molecule has 0 aliphatic heterocycles. The first kappa shape index (κ1) is 14.0. The van der Waals surface area contributed by atoms with Crippen LogP contribution in [0.3, 0.4) is 0 Å². The van der Waals surface area contributed by atoms with Crippen LogP contribution in [0, 0.1) is 6.92 Å². The molecular formula is C19H17N3. The lowest BCUT2D eigenvalue weighted by Crippen LogP contribution is -2.13. The molecule has 1 N–H and O–H groups in total. The molecular weight excluding hydrogens is 270 g/mol. The summed E-state index contributed by atoms with van der Waals surface area (Å²) in [6.07, 6.45) is 3.54. The van der Waals surface area contributed by atoms with E-state index < -0.39 is 0 Å². The van der Waals surface area contributed by atoms with E-state index in [0.717, 1.165) is 22.8 Å². The Morgan fingerprint density at radius 2 is 1.68 bits per heavy atom. The summed E-state index contributed by atoms with van der Waals surface area (Å²) in [6.45, 7) is 2.07. The number of pyridine rings is 1. The molecule has 1 aromatic heterocycles. The van der Waals surface area contributed by atoms with Crippen LogP contribution in [0.4, 0.5) is 11.4 Å². The van der Waals surface area contributed by atoms with Crippen LogP contribution in [-0.4, -0.2) is 10.8 Å². The zero-order valence-corrected chi connectivity index (χ0v) is 12.4. The highest BCUT2D eigenvalue weighted by Crippen LogP contribution is 2.16. The van der Waals surface area contributed by atoms with Crippen LogP contribution in [0.1, 0.15) is 11.1 Å². The normalized spacial score (nSPS) is 11.2. The number of amidine groups is 1. The van der Waals surface area contributed by atoms with Crippen molar-refractivity contribution in [2.75, 3.05) is 5.32 Å². The molecule has 0 spiro atoms. The van der Waals surface area contributed by atoms with Gasteiger partial charge >= 0.3 is 0 Å². The van der Waals surface area contributed by atoms with Crippen LogP contribution in [0.5, 0.6) is 0 Å². The SMILES string of the molecule is Cc1ccc(N=C(Nc2cccnc2)c2ccccc2)cc1. The minimum atomic E-state index is 0.803. The van der Waals surface area contributed by atoms with Gasteiger partial charge in [0.15, 0.2) is 0 Å². The molecule has 0 saturated heterocycles. The molecule has 0 aliphatic carbocycles. The summed E-state index contributed by atoms with van der Waals surface area (Å²) in [4.78, 5) is 8.88. The van der Waals surface area contributed by atoms with Gasteiger partial charge in [-0.25, -0.2) is 4.99 Å². The zero-order valence-electron chi connectivity index (χ0n) is 12.4. The zero-order chi connectivity index (χ0) is 15.2. The second-order valence-electron chi connectivity index (χ2n) is 5.03. The number of rotatable bonds is 3. The molecule has 0 amide bonds. The van der Waals surface area contributed by atoms with E-state index in [0.29, 0.717) is 0 Å². The average Bonchev–Trinajstić information content (AvgIpc) is 2.58. The molecule has 0 radical (unpaired) electrons. The number of anilines is 1. The third kappa shape index (κ3) is 3.58. The molecule has 1 heterocycles. The molecule has 0 aliphatic rings. The van der Waals surface area contributed by atoms with Crippen molar-refractivity contribution in [1.29, 1.82) is 0 Å². The summed E-state index contributed by atoms with van der Waals surface area (Å²) < 4.78 is 0. The Kier molecular flexibility index (Phi) is 4.25. The van der Waals surface area contributed by atoms with Crippen molar-refractivity contribution in [3.05, 3.63) is 90.3 Å². The largest absolute Gasteiger partial charge is 0.338 e. The molecule has 0 unspecified atom stereocenters. The molecule has 0 atom stereocenters. The van der Waals surface area contributed by atoms with E-state index in [4.69, 9.17) is 4.99 Å². The van der Waals surface area contributed by atoms with Gasteiger partial charge in [0, 0.05) is 11.8 Å². The molecule has 3 aromatic rings. The highest BCUT2D eigenvalue weighted by atomic mass is 15.0. The number of hydrogen-bond donors (Lipinski definition) is 1. The van der Waals surface area contributed by atoms with Gasteiger partial charge in [0.25, 0.3) is 0 Å². The lowest BCUT2D eigenvalue weighted by molar-refractivity contribution is 1.32.